The standard InChI is InChI=1S/C18H20Cl2O9/c1-8(17(28-9(2)23)11-4-3-10(19)5-12(11)20)18(27)29-14(7-22)16(26)15(25)13(24)6-21/h3-5,7,13-16,21,24-26H,6H2,1-2H3/t13-,14+,15+,16-/m1/s1. The average Bonchev–Trinajstić information content (AvgIpc) is 2.67. The average molecular weight is 451 g/mol. The van der Waals surface area contributed by atoms with Gasteiger partial charge in [-0.25, -0.2) is 4.79 Å². The van der Waals surface area contributed by atoms with Crippen molar-refractivity contribution in [3.8, 4) is 0 Å². The monoisotopic (exact) mass is 450 g/mol. The van der Waals surface area contributed by atoms with Gasteiger partial charge in [0, 0.05) is 17.5 Å². The lowest BCUT2D eigenvalue weighted by atomic mass is 10.0. The molecule has 1 rings (SSSR count). The quantitative estimate of drug-likeness (QED) is 0.182. The van der Waals surface area contributed by atoms with Crippen molar-refractivity contribution < 1.29 is 44.3 Å². The number of carbonyl (C=O) groups is 3. The molecule has 11 heteroatoms. The van der Waals surface area contributed by atoms with Crippen LogP contribution in [-0.4, -0.2) is 69.7 Å². The zero-order valence-corrected chi connectivity index (χ0v) is 16.9. The molecule has 0 amide bonds. The lowest BCUT2D eigenvalue weighted by molar-refractivity contribution is -0.164. The van der Waals surface area contributed by atoms with Crippen LogP contribution in [-0.2, 0) is 23.9 Å². The number of aldehydes is 1. The molecule has 0 bridgehead atoms. The number of aliphatic hydroxyl groups excluding tert-OH is 4. The topological polar surface area (TPSA) is 151 Å². The number of carbonyl (C=O) groups excluding carboxylic acids is 3. The number of ether oxygens (including phenoxy) is 2. The molecule has 9 nitrogen and oxygen atoms in total. The van der Waals surface area contributed by atoms with Gasteiger partial charge in [-0.15, -0.1) is 0 Å². The summed E-state index contributed by atoms with van der Waals surface area (Å²) in [6, 6.07) is 4.19. The Morgan fingerprint density at radius 2 is 1.76 bits per heavy atom. The Balaban J connectivity index is 3.23. The molecule has 0 aromatic heterocycles. The van der Waals surface area contributed by atoms with Gasteiger partial charge in [0.15, 0.2) is 12.4 Å². The maximum absolute atomic E-state index is 12.4. The molecule has 0 aliphatic rings. The highest BCUT2D eigenvalue weighted by atomic mass is 35.5. The number of hydrogen-bond donors (Lipinski definition) is 4. The molecule has 0 heterocycles. The van der Waals surface area contributed by atoms with Gasteiger partial charge in [-0.1, -0.05) is 23.2 Å². The van der Waals surface area contributed by atoms with Crippen LogP contribution in [0.25, 0.3) is 5.76 Å². The fraction of sp³-hybridized carbons (Fsp3) is 0.389. The lowest BCUT2D eigenvalue weighted by Gasteiger charge is -2.25. The first kappa shape index (κ1) is 25.0. The summed E-state index contributed by atoms with van der Waals surface area (Å²) >= 11 is 11.9. The Morgan fingerprint density at radius 3 is 2.24 bits per heavy atom. The molecule has 0 saturated heterocycles. The molecular formula is C18H20Cl2O9. The number of halogens is 2. The van der Waals surface area contributed by atoms with Crippen LogP contribution < -0.4 is 0 Å². The summed E-state index contributed by atoms with van der Waals surface area (Å²) in [5.74, 6) is -2.21. The minimum Gasteiger partial charge on any atom is -0.448 e. The lowest BCUT2D eigenvalue weighted by Crippen LogP contribution is -2.48. The second-order valence-electron chi connectivity index (χ2n) is 5.91. The van der Waals surface area contributed by atoms with Crippen molar-refractivity contribution in [3.05, 3.63) is 39.4 Å². The van der Waals surface area contributed by atoms with Crippen molar-refractivity contribution in [2.45, 2.75) is 38.3 Å². The van der Waals surface area contributed by atoms with E-state index in [9.17, 15) is 29.7 Å². The van der Waals surface area contributed by atoms with Crippen molar-refractivity contribution in [3.63, 3.8) is 0 Å². The smallest absolute Gasteiger partial charge is 0.338 e. The van der Waals surface area contributed by atoms with Gasteiger partial charge in [-0.2, -0.15) is 0 Å². The highest BCUT2D eigenvalue weighted by Gasteiger charge is 2.34. The molecule has 0 aliphatic heterocycles. The molecule has 0 aliphatic carbocycles. The Hall–Kier alpha value is -2.01. The fourth-order valence-electron chi connectivity index (χ4n) is 2.16. The van der Waals surface area contributed by atoms with Gasteiger partial charge < -0.3 is 29.9 Å². The Kier molecular flexibility index (Phi) is 9.71. The molecule has 0 spiro atoms. The third-order valence-electron chi connectivity index (χ3n) is 3.71. The van der Waals surface area contributed by atoms with Gasteiger partial charge in [-0.05, 0) is 25.1 Å². The van der Waals surface area contributed by atoms with Gasteiger partial charge >= 0.3 is 11.9 Å². The normalized spacial score (nSPS) is 16.1. The third kappa shape index (κ3) is 6.77. The molecule has 29 heavy (non-hydrogen) atoms. The number of aliphatic hydroxyl groups is 4. The van der Waals surface area contributed by atoms with E-state index < -0.39 is 43.0 Å². The number of esters is 2. The third-order valence-corrected chi connectivity index (χ3v) is 4.26. The van der Waals surface area contributed by atoms with Crippen LogP contribution in [0, 0.1) is 0 Å². The van der Waals surface area contributed by atoms with Crippen LogP contribution >= 0.6 is 23.2 Å². The summed E-state index contributed by atoms with van der Waals surface area (Å²) in [6.07, 6.45) is -7.61. The van der Waals surface area contributed by atoms with E-state index in [4.69, 9.17) is 37.8 Å². The van der Waals surface area contributed by atoms with E-state index in [1.54, 1.807) is 0 Å². The van der Waals surface area contributed by atoms with E-state index in [-0.39, 0.29) is 28.2 Å². The first-order chi connectivity index (χ1) is 13.5. The summed E-state index contributed by atoms with van der Waals surface area (Å²) < 4.78 is 9.92. The Morgan fingerprint density at radius 1 is 1.14 bits per heavy atom. The maximum Gasteiger partial charge on any atom is 0.338 e. The van der Waals surface area contributed by atoms with Crippen LogP contribution in [0.4, 0.5) is 0 Å². The van der Waals surface area contributed by atoms with E-state index in [0.29, 0.717) is 5.02 Å². The Bertz CT molecular complexity index is 794. The van der Waals surface area contributed by atoms with Gasteiger partial charge in [0.2, 0.25) is 0 Å². The molecule has 160 valence electrons. The fourth-order valence-corrected chi connectivity index (χ4v) is 2.66. The SMILES string of the molecule is CC(=O)OC(=C(C)C(=O)O[C@@H](C=O)[C@@H](O)[C@@H](O)[C@H](O)CO)c1ccc(Cl)cc1Cl. The summed E-state index contributed by atoms with van der Waals surface area (Å²) in [5, 5.41) is 38.1. The van der Waals surface area contributed by atoms with Gasteiger partial charge in [-0.3, -0.25) is 9.59 Å². The molecule has 4 N–H and O–H groups in total. The van der Waals surface area contributed by atoms with E-state index >= 15 is 0 Å². The molecule has 0 fully saturated rings. The molecule has 1 aromatic carbocycles. The first-order valence-electron chi connectivity index (χ1n) is 8.19. The van der Waals surface area contributed by atoms with Crippen LogP contribution in [0.15, 0.2) is 23.8 Å². The number of hydrogen-bond acceptors (Lipinski definition) is 9. The predicted octanol–water partition coefficient (Wildman–Crippen LogP) is 0.473. The van der Waals surface area contributed by atoms with Gasteiger partial charge in [0.25, 0.3) is 0 Å². The molecule has 0 radical (unpaired) electrons. The first-order valence-corrected chi connectivity index (χ1v) is 8.95. The number of benzene rings is 1. The van der Waals surface area contributed by atoms with Crippen molar-refractivity contribution in [1.82, 2.24) is 0 Å². The largest absolute Gasteiger partial charge is 0.448 e. The van der Waals surface area contributed by atoms with Crippen LogP contribution in [0.1, 0.15) is 19.4 Å². The predicted molar refractivity (Wildman–Crippen MR) is 102 cm³/mol. The van der Waals surface area contributed by atoms with Crippen molar-refractivity contribution in [2.24, 2.45) is 0 Å². The molecule has 4 atom stereocenters. The van der Waals surface area contributed by atoms with Crippen molar-refractivity contribution in [2.75, 3.05) is 6.61 Å². The summed E-state index contributed by atoms with van der Waals surface area (Å²) in [4.78, 5) is 35.1. The van der Waals surface area contributed by atoms with Crippen LogP contribution in [0.3, 0.4) is 0 Å². The minimum atomic E-state index is -2.03. The van der Waals surface area contributed by atoms with Crippen molar-refractivity contribution in [1.29, 1.82) is 0 Å². The van der Waals surface area contributed by atoms with Crippen LogP contribution in [0.2, 0.25) is 10.0 Å². The van der Waals surface area contributed by atoms with Crippen molar-refractivity contribution >= 4 is 47.2 Å². The minimum absolute atomic E-state index is 0.0317. The van der Waals surface area contributed by atoms with E-state index in [0.717, 1.165) is 6.92 Å². The molecule has 0 saturated carbocycles. The van der Waals surface area contributed by atoms with Gasteiger partial charge in [0.05, 0.1) is 17.2 Å². The zero-order chi connectivity index (χ0) is 22.3. The zero-order valence-electron chi connectivity index (χ0n) is 15.4. The second-order valence-corrected chi connectivity index (χ2v) is 6.75. The van der Waals surface area contributed by atoms with Gasteiger partial charge in [0.1, 0.15) is 24.1 Å². The van der Waals surface area contributed by atoms with E-state index in [1.807, 2.05) is 0 Å². The second kappa shape index (κ2) is 11.2. The molecular weight excluding hydrogens is 431 g/mol. The number of rotatable bonds is 9. The summed E-state index contributed by atoms with van der Waals surface area (Å²) in [6.45, 7) is 1.41. The van der Waals surface area contributed by atoms with E-state index in [1.165, 1.54) is 25.1 Å². The molecule has 1 aromatic rings. The highest BCUT2D eigenvalue weighted by Crippen LogP contribution is 2.30. The van der Waals surface area contributed by atoms with E-state index in [2.05, 4.69) is 0 Å². The molecule has 0 unspecified atom stereocenters. The Labute approximate surface area is 176 Å². The summed E-state index contributed by atoms with van der Waals surface area (Å²) in [5.41, 5.74) is -0.139. The van der Waals surface area contributed by atoms with Crippen LogP contribution in [0.5, 0.6) is 0 Å². The maximum atomic E-state index is 12.4. The summed E-state index contributed by atoms with van der Waals surface area (Å²) in [7, 11) is 0. The highest BCUT2D eigenvalue weighted by molar-refractivity contribution is 6.35.